The number of carbonyl (C=O) groups excluding carboxylic acids is 1. The van der Waals surface area contributed by atoms with Crippen LogP contribution in [0.2, 0.25) is 0 Å². The van der Waals surface area contributed by atoms with Gasteiger partial charge in [0.05, 0.1) is 26.4 Å². The lowest BCUT2D eigenvalue weighted by Gasteiger charge is -2.58. The standard InChI is InChI=1S/C38H67NO5/c1-7-21-41-23-25-43-26-24-42-22-9-20-39-36(40)44-31-16-18-37(5)30(27-31)12-13-32-34-15-14-33(29(4)11-8-10-28(2)3)38(34,6)19-17-35(32)37/h12,28-29,31-35H,7-11,13-27H2,1-6H3,(H,39,40)/t29-,31-,32?,33?,34?,35?,37-,38+/m1/s1. The number of amides is 1. The van der Waals surface area contributed by atoms with Gasteiger partial charge in [-0.15, -0.1) is 0 Å². The van der Waals surface area contributed by atoms with Crippen LogP contribution in [0, 0.1) is 46.3 Å². The number of carbonyl (C=O) groups is 1. The van der Waals surface area contributed by atoms with Gasteiger partial charge in [0.1, 0.15) is 6.10 Å². The molecule has 1 N–H and O–H groups in total. The molecule has 0 radical (unpaired) electrons. The van der Waals surface area contributed by atoms with Gasteiger partial charge in [-0.2, -0.15) is 0 Å². The van der Waals surface area contributed by atoms with Crippen LogP contribution in [0.25, 0.3) is 0 Å². The van der Waals surface area contributed by atoms with Gasteiger partial charge in [-0.3, -0.25) is 0 Å². The number of hydrogen-bond acceptors (Lipinski definition) is 5. The molecule has 0 spiro atoms. The molecule has 3 fully saturated rings. The van der Waals surface area contributed by atoms with Gasteiger partial charge in [-0.05, 0) is 104 Å². The number of alkyl carbamates (subject to hydrolysis) is 1. The summed E-state index contributed by atoms with van der Waals surface area (Å²) in [5.74, 6) is 5.11. The van der Waals surface area contributed by atoms with Gasteiger partial charge in [0.15, 0.2) is 0 Å². The Balaban J connectivity index is 1.17. The molecule has 6 heteroatoms. The van der Waals surface area contributed by atoms with Crippen LogP contribution in [-0.2, 0) is 18.9 Å². The number of ether oxygens (including phenoxy) is 4. The van der Waals surface area contributed by atoms with E-state index in [4.69, 9.17) is 18.9 Å². The molecule has 44 heavy (non-hydrogen) atoms. The molecule has 0 aromatic heterocycles. The maximum atomic E-state index is 12.6. The van der Waals surface area contributed by atoms with Crippen LogP contribution >= 0.6 is 0 Å². The van der Waals surface area contributed by atoms with Crippen LogP contribution in [0.3, 0.4) is 0 Å². The third kappa shape index (κ3) is 9.03. The minimum Gasteiger partial charge on any atom is -0.446 e. The zero-order valence-corrected chi connectivity index (χ0v) is 29.3. The van der Waals surface area contributed by atoms with E-state index in [1.54, 1.807) is 5.57 Å². The van der Waals surface area contributed by atoms with E-state index in [0.717, 1.165) is 74.2 Å². The van der Waals surface area contributed by atoms with Crippen LogP contribution in [-0.4, -0.2) is 58.4 Å². The van der Waals surface area contributed by atoms with Crippen LogP contribution in [0.5, 0.6) is 0 Å². The fraction of sp³-hybridized carbons (Fsp3) is 0.921. The second-order valence-electron chi connectivity index (χ2n) is 15.7. The normalized spacial score (nSPS) is 33.7. The quantitative estimate of drug-likeness (QED) is 0.123. The Morgan fingerprint density at radius 3 is 2.34 bits per heavy atom. The van der Waals surface area contributed by atoms with Crippen LogP contribution < -0.4 is 5.32 Å². The summed E-state index contributed by atoms with van der Waals surface area (Å²) in [6.45, 7) is 19.0. The first-order valence-corrected chi connectivity index (χ1v) is 18.6. The highest BCUT2D eigenvalue weighted by Crippen LogP contribution is 2.67. The third-order valence-electron chi connectivity index (χ3n) is 12.4. The van der Waals surface area contributed by atoms with E-state index < -0.39 is 0 Å². The number of nitrogens with one attached hydrogen (secondary N) is 1. The highest BCUT2D eigenvalue weighted by Gasteiger charge is 2.59. The maximum Gasteiger partial charge on any atom is 0.407 e. The zero-order chi connectivity index (χ0) is 31.6. The summed E-state index contributed by atoms with van der Waals surface area (Å²) in [6, 6.07) is 0. The molecule has 0 aromatic carbocycles. The van der Waals surface area contributed by atoms with Gasteiger partial charge in [0.2, 0.25) is 0 Å². The average Bonchev–Trinajstić information content (AvgIpc) is 3.35. The largest absolute Gasteiger partial charge is 0.446 e. The van der Waals surface area contributed by atoms with Crippen molar-refractivity contribution in [3.05, 3.63) is 11.6 Å². The highest BCUT2D eigenvalue weighted by atomic mass is 16.6. The summed E-state index contributed by atoms with van der Waals surface area (Å²) in [5, 5.41) is 2.94. The van der Waals surface area contributed by atoms with Crippen molar-refractivity contribution in [1.29, 1.82) is 0 Å². The molecule has 0 bridgehead atoms. The molecule has 1 amide bonds. The molecule has 4 rings (SSSR count). The lowest BCUT2D eigenvalue weighted by Crippen LogP contribution is -2.51. The van der Waals surface area contributed by atoms with E-state index in [2.05, 4.69) is 52.9 Å². The molecule has 254 valence electrons. The Morgan fingerprint density at radius 2 is 1.61 bits per heavy atom. The number of allylic oxidation sites excluding steroid dienone is 1. The van der Waals surface area contributed by atoms with Gasteiger partial charge < -0.3 is 24.3 Å². The van der Waals surface area contributed by atoms with Crippen LogP contribution in [0.15, 0.2) is 11.6 Å². The minimum absolute atomic E-state index is 0.00279. The Kier molecular flexibility index (Phi) is 13.9. The second-order valence-corrected chi connectivity index (χ2v) is 15.7. The summed E-state index contributed by atoms with van der Waals surface area (Å²) in [6.07, 6.45) is 18.3. The van der Waals surface area contributed by atoms with Gasteiger partial charge in [0, 0.05) is 26.2 Å². The highest BCUT2D eigenvalue weighted by molar-refractivity contribution is 5.67. The molecule has 0 heterocycles. The minimum atomic E-state index is -0.281. The number of rotatable bonds is 18. The summed E-state index contributed by atoms with van der Waals surface area (Å²) in [5.41, 5.74) is 2.39. The fourth-order valence-corrected chi connectivity index (χ4v) is 10.00. The lowest BCUT2D eigenvalue weighted by atomic mass is 9.47. The van der Waals surface area contributed by atoms with E-state index in [-0.39, 0.29) is 17.6 Å². The lowest BCUT2D eigenvalue weighted by molar-refractivity contribution is -0.0581. The second kappa shape index (κ2) is 17.2. The van der Waals surface area contributed by atoms with Crippen molar-refractivity contribution in [1.82, 2.24) is 5.32 Å². The Hall–Kier alpha value is -1.11. The SMILES string of the molecule is CCCOCCOCCOCCCNC(=O)O[C@@H]1CC[C@]2(C)C(=CCC3C4CCC([C@H](C)CCCC(C)C)[C@]4(C)CCC32)C1. The molecule has 3 saturated carbocycles. The molecule has 4 unspecified atom stereocenters. The van der Waals surface area contributed by atoms with Crippen molar-refractivity contribution in [2.24, 2.45) is 46.3 Å². The molecule has 6 nitrogen and oxygen atoms in total. The van der Waals surface area contributed by atoms with Gasteiger partial charge in [0.25, 0.3) is 0 Å². The zero-order valence-electron chi connectivity index (χ0n) is 29.3. The summed E-state index contributed by atoms with van der Waals surface area (Å²) >= 11 is 0. The molecular formula is C38H67NO5. The van der Waals surface area contributed by atoms with Crippen molar-refractivity contribution < 1.29 is 23.7 Å². The number of fused-ring (bicyclic) bond motifs is 5. The van der Waals surface area contributed by atoms with E-state index in [1.165, 1.54) is 51.4 Å². The topological polar surface area (TPSA) is 66.0 Å². The van der Waals surface area contributed by atoms with Crippen molar-refractivity contribution in [3.63, 3.8) is 0 Å². The molecule has 4 aliphatic rings. The van der Waals surface area contributed by atoms with Gasteiger partial charge in [-0.1, -0.05) is 72.5 Å². The summed E-state index contributed by atoms with van der Waals surface area (Å²) < 4.78 is 22.4. The van der Waals surface area contributed by atoms with Crippen LogP contribution in [0.1, 0.15) is 125 Å². The molecule has 0 aliphatic heterocycles. The summed E-state index contributed by atoms with van der Waals surface area (Å²) in [7, 11) is 0. The first kappa shape index (κ1) is 35.7. The molecule has 8 atom stereocenters. The maximum absolute atomic E-state index is 12.6. The first-order valence-electron chi connectivity index (χ1n) is 18.6. The monoisotopic (exact) mass is 618 g/mol. The van der Waals surface area contributed by atoms with E-state index in [0.29, 0.717) is 45.0 Å². The predicted octanol–water partition coefficient (Wildman–Crippen LogP) is 8.97. The molecular weight excluding hydrogens is 550 g/mol. The van der Waals surface area contributed by atoms with Crippen molar-refractivity contribution in [3.8, 4) is 0 Å². The van der Waals surface area contributed by atoms with Crippen molar-refractivity contribution >= 4 is 6.09 Å². The Bertz CT molecular complexity index is 906. The van der Waals surface area contributed by atoms with E-state index >= 15 is 0 Å². The predicted molar refractivity (Wildman–Crippen MR) is 179 cm³/mol. The number of hydrogen-bond donors (Lipinski definition) is 1. The fourth-order valence-electron chi connectivity index (χ4n) is 10.00. The van der Waals surface area contributed by atoms with E-state index in [1.807, 2.05) is 0 Å². The Morgan fingerprint density at radius 1 is 0.886 bits per heavy atom. The molecule has 4 aliphatic carbocycles. The van der Waals surface area contributed by atoms with Crippen molar-refractivity contribution in [2.45, 2.75) is 131 Å². The third-order valence-corrected chi connectivity index (χ3v) is 12.4. The summed E-state index contributed by atoms with van der Waals surface area (Å²) in [4.78, 5) is 12.6. The van der Waals surface area contributed by atoms with Gasteiger partial charge >= 0.3 is 6.09 Å². The van der Waals surface area contributed by atoms with Crippen molar-refractivity contribution in [2.75, 3.05) is 46.2 Å². The van der Waals surface area contributed by atoms with Crippen LogP contribution in [0.4, 0.5) is 4.79 Å². The molecule has 0 aromatic rings. The first-order chi connectivity index (χ1) is 21.2. The molecule has 0 saturated heterocycles. The average molecular weight is 618 g/mol. The van der Waals surface area contributed by atoms with E-state index in [9.17, 15) is 4.79 Å². The Labute approximate surface area is 270 Å². The smallest absolute Gasteiger partial charge is 0.407 e. The van der Waals surface area contributed by atoms with Gasteiger partial charge in [-0.25, -0.2) is 4.79 Å².